The lowest BCUT2D eigenvalue weighted by atomic mass is 10.0. The van der Waals surface area contributed by atoms with Gasteiger partial charge in [-0.15, -0.1) is 24.4 Å². The molecule has 0 unspecified atom stereocenters. The van der Waals surface area contributed by atoms with Crippen molar-refractivity contribution >= 4 is 41.9 Å². The topological polar surface area (TPSA) is 0 Å². The van der Waals surface area contributed by atoms with Crippen molar-refractivity contribution in [2.24, 2.45) is 0 Å². The summed E-state index contributed by atoms with van der Waals surface area (Å²) >= 11 is 10.6. The molecule has 0 aliphatic rings. The van der Waals surface area contributed by atoms with Crippen molar-refractivity contribution < 1.29 is 0 Å². The Bertz CT molecular complexity index is 394. The lowest BCUT2D eigenvalue weighted by Crippen LogP contribution is -1.92. The number of thioether (sulfide) groups is 1. The summed E-state index contributed by atoms with van der Waals surface area (Å²) < 4.78 is 0. The zero-order valence-corrected chi connectivity index (χ0v) is 13.2. The van der Waals surface area contributed by atoms with Crippen LogP contribution < -0.4 is 0 Å². The molecular weight excluding hydrogens is 264 g/mol. The van der Waals surface area contributed by atoms with Crippen LogP contribution in [0.5, 0.6) is 0 Å². The van der Waals surface area contributed by atoms with Gasteiger partial charge in [-0.2, -0.15) is 12.6 Å². The van der Waals surface area contributed by atoms with Gasteiger partial charge in [-0.25, -0.2) is 0 Å². The highest BCUT2D eigenvalue weighted by atomic mass is 32.2. The molecule has 17 heavy (non-hydrogen) atoms. The van der Waals surface area contributed by atoms with Crippen molar-refractivity contribution in [1.29, 1.82) is 0 Å². The first-order valence-corrected chi connectivity index (χ1v) is 7.85. The van der Waals surface area contributed by atoms with Crippen LogP contribution in [-0.2, 0) is 0 Å². The predicted molar refractivity (Wildman–Crippen MR) is 87.5 cm³/mol. The predicted octanol–water partition coefficient (Wildman–Crippen LogP) is 5.47. The number of hydrogen-bond acceptors (Lipinski definition) is 3. The Labute approximate surface area is 120 Å². The molecule has 0 N–H and O–H groups in total. The molecule has 1 aromatic carbocycles. The molecule has 0 nitrogen and oxygen atoms in total. The molecule has 3 heteroatoms. The number of rotatable bonds is 5. The van der Waals surface area contributed by atoms with Gasteiger partial charge in [0.2, 0.25) is 0 Å². The maximum absolute atomic E-state index is 4.50. The SMILES string of the molecule is CCCSc1ccc(C(C)C)cc1C(S)=CS. The summed E-state index contributed by atoms with van der Waals surface area (Å²) in [5.74, 6) is 1.68. The van der Waals surface area contributed by atoms with Gasteiger partial charge in [0, 0.05) is 15.4 Å². The van der Waals surface area contributed by atoms with E-state index in [4.69, 9.17) is 0 Å². The van der Waals surface area contributed by atoms with Crippen LogP contribution in [0.4, 0.5) is 0 Å². The molecule has 0 radical (unpaired) electrons. The second-order valence-corrected chi connectivity index (χ2v) is 6.15. The van der Waals surface area contributed by atoms with Crippen LogP contribution in [0.1, 0.15) is 44.2 Å². The molecule has 94 valence electrons. The normalized spacial score (nSPS) is 12.2. The minimum Gasteiger partial charge on any atom is -0.150 e. The standard InChI is InChI=1S/C14H20S3/c1-4-7-17-14-6-5-11(10(2)3)8-12(14)13(16)9-15/h5-6,8-10,15-16H,4,7H2,1-3H3. The highest BCUT2D eigenvalue weighted by Gasteiger charge is 2.08. The monoisotopic (exact) mass is 284 g/mol. The zero-order valence-electron chi connectivity index (χ0n) is 10.6. The first-order chi connectivity index (χ1) is 8.10. The highest BCUT2D eigenvalue weighted by Crippen LogP contribution is 2.33. The van der Waals surface area contributed by atoms with Crippen molar-refractivity contribution in [2.75, 3.05) is 5.75 Å². The number of benzene rings is 1. The van der Waals surface area contributed by atoms with Gasteiger partial charge in [-0.3, -0.25) is 0 Å². The third-order valence-corrected chi connectivity index (χ3v) is 4.64. The molecule has 0 atom stereocenters. The molecule has 0 aromatic heterocycles. The molecule has 0 spiro atoms. The second-order valence-electron chi connectivity index (χ2n) is 4.27. The maximum atomic E-state index is 4.50. The molecule has 1 rings (SSSR count). The Morgan fingerprint density at radius 1 is 1.41 bits per heavy atom. The Balaban J connectivity index is 3.12. The van der Waals surface area contributed by atoms with Gasteiger partial charge < -0.3 is 0 Å². The lowest BCUT2D eigenvalue weighted by molar-refractivity contribution is 0.864. The van der Waals surface area contributed by atoms with Gasteiger partial charge in [0.05, 0.1) is 0 Å². The summed E-state index contributed by atoms with van der Waals surface area (Å²) in [4.78, 5) is 2.24. The van der Waals surface area contributed by atoms with Gasteiger partial charge in [0.15, 0.2) is 0 Å². The average Bonchev–Trinajstić information content (AvgIpc) is 2.35. The van der Waals surface area contributed by atoms with Gasteiger partial charge in [0.1, 0.15) is 0 Å². The maximum Gasteiger partial charge on any atom is 0.0185 e. The van der Waals surface area contributed by atoms with Crippen LogP contribution in [0.25, 0.3) is 4.91 Å². The minimum atomic E-state index is 0.542. The summed E-state index contributed by atoms with van der Waals surface area (Å²) in [7, 11) is 0. The summed E-state index contributed by atoms with van der Waals surface area (Å²) in [5.41, 5.74) is 2.55. The molecule has 1 aromatic rings. The molecular formula is C14H20S3. The lowest BCUT2D eigenvalue weighted by Gasteiger charge is -2.13. The van der Waals surface area contributed by atoms with Crippen LogP contribution in [0.3, 0.4) is 0 Å². The van der Waals surface area contributed by atoms with E-state index in [0.717, 1.165) is 10.7 Å². The molecule has 0 amide bonds. The molecule has 0 bridgehead atoms. The van der Waals surface area contributed by atoms with Gasteiger partial charge in [0.25, 0.3) is 0 Å². The fourth-order valence-electron chi connectivity index (χ4n) is 1.51. The first kappa shape index (κ1) is 15.1. The highest BCUT2D eigenvalue weighted by molar-refractivity contribution is 7.99. The van der Waals surface area contributed by atoms with E-state index in [1.165, 1.54) is 22.4 Å². The minimum absolute atomic E-state index is 0.542. The molecule has 0 saturated carbocycles. The van der Waals surface area contributed by atoms with E-state index >= 15 is 0 Å². The van der Waals surface area contributed by atoms with E-state index in [1.54, 1.807) is 5.41 Å². The van der Waals surface area contributed by atoms with Crippen molar-refractivity contribution in [1.82, 2.24) is 0 Å². The van der Waals surface area contributed by atoms with Crippen molar-refractivity contribution in [3.8, 4) is 0 Å². The summed E-state index contributed by atoms with van der Waals surface area (Å²) in [6, 6.07) is 6.65. The average molecular weight is 285 g/mol. The van der Waals surface area contributed by atoms with E-state index in [1.807, 2.05) is 11.8 Å². The smallest absolute Gasteiger partial charge is 0.0185 e. The quantitative estimate of drug-likeness (QED) is 0.534. The van der Waals surface area contributed by atoms with Crippen LogP contribution in [0, 0.1) is 0 Å². The molecule has 0 aliphatic heterocycles. The number of hydrogen-bond donors (Lipinski definition) is 2. The van der Waals surface area contributed by atoms with Crippen LogP contribution >= 0.6 is 37.0 Å². The molecule has 0 fully saturated rings. The Kier molecular flexibility index (Phi) is 6.60. The summed E-state index contributed by atoms with van der Waals surface area (Å²) in [5, 5.41) is 1.76. The third-order valence-electron chi connectivity index (χ3n) is 2.53. The second kappa shape index (κ2) is 7.45. The van der Waals surface area contributed by atoms with Crippen molar-refractivity contribution in [2.45, 2.75) is 38.0 Å². The number of thiol groups is 2. The van der Waals surface area contributed by atoms with Crippen molar-refractivity contribution in [3.63, 3.8) is 0 Å². The van der Waals surface area contributed by atoms with Crippen LogP contribution in [-0.4, -0.2) is 5.75 Å². The zero-order chi connectivity index (χ0) is 12.8. The van der Waals surface area contributed by atoms with E-state index in [2.05, 4.69) is 64.2 Å². The Hall–Kier alpha value is 0.01000. The Morgan fingerprint density at radius 3 is 2.65 bits per heavy atom. The van der Waals surface area contributed by atoms with Gasteiger partial charge in [-0.1, -0.05) is 26.8 Å². The van der Waals surface area contributed by atoms with E-state index in [0.29, 0.717) is 5.92 Å². The van der Waals surface area contributed by atoms with E-state index < -0.39 is 0 Å². The summed E-state index contributed by atoms with van der Waals surface area (Å²) in [6.45, 7) is 6.62. The van der Waals surface area contributed by atoms with E-state index in [-0.39, 0.29) is 0 Å². The van der Waals surface area contributed by atoms with Crippen LogP contribution in [0.2, 0.25) is 0 Å². The van der Waals surface area contributed by atoms with Crippen molar-refractivity contribution in [3.05, 3.63) is 34.7 Å². The third kappa shape index (κ3) is 4.31. The fraction of sp³-hybridized carbons (Fsp3) is 0.429. The molecule has 0 aliphatic carbocycles. The largest absolute Gasteiger partial charge is 0.150 e. The summed E-state index contributed by atoms with van der Waals surface area (Å²) in [6.07, 6.45) is 1.18. The van der Waals surface area contributed by atoms with E-state index in [9.17, 15) is 0 Å². The van der Waals surface area contributed by atoms with Gasteiger partial charge >= 0.3 is 0 Å². The van der Waals surface area contributed by atoms with Gasteiger partial charge in [-0.05, 0) is 41.2 Å². The molecule has 0 saturated heterocycles. The Morgan fingerprint density at radius 2 is 2.12 bits per heavy atom. The fourth-order valence-corrected chi connectivity index (χ4v) is 2.83. The first-order valence-electron chi connectivity index (χ1n) is 5.90. The molecule has 0 heterocycles. The van der Waals surface area contributed by atoms with Crippen LogP contribution in [0.15, 0.2) is 28.5 Å².